The second kappa shape index (κ2) is 7.24. The molecule has 2 N–H and O–H groups in total. The van der Waals surface area contributed by atoms with Crippen molar-refractivity contribution in [3.05, 3.63) is 35.9 Å². The minimum absolute atomic E-state index is 0.105. The molecule has 1 unspecified atom stereocenters. The zero-order valence-corrected chi connectivity index (χ0v) is 12.9. The van der Waals surface area contributed by atoms with Gasteiger partial charge < -0.3 is 10.4 Å². The van der Waals surface area contributed by atoms with Crippen LogP contribution in [0.5, 0.6) is 0 Å². The third kappa shape index (κ3) is 4.60. The van der Waals surface area contributed by atoms with Crippen molar-refractivity contribution < 1.29 is 5.11 Å². The summed E-state index contributed by atoms with van der Waals surface area (Å²) < 4.78 is 0. The van der Waals surface area contributed by atoms with Gasteiger partial charge in [0.05, 0.1) is 6.10 Å². The van der Waals surface area contributed by atoms with Crippen LogP contribution < -0.4 is 5.32 Å². The van der Waals surface area contributed by atoms with Crippen LogP contribution >= 0.6 is 0 Å². The summed E-state index contributed by atoms with van der Waals surface area (Å²) in [4.78, 5) is 0. The highest BCUT2D eigenvalue weighted by Gasteiger charge is 2.22. The predicted molar refractivity (Wildman–Crippen MR) is 84.9 cm³/mol. The van der Waals surface area contributed by atoms with E-state index < -0.39 is 0 Å². The molecule has 0 heterocycles. The third-order valence-corrected chi connectivity index (χ3v) is 4.58. The van der Waals surface area contributed by atoms with E-state index >= 15 is 0 Å². The van der Waals surface area contributed by atoms with Crippen LogP contribution in [0.25, 0.3) is 0 Å². The van der Waals surface area contributed by atoms with Gasteiger partial charge >= 0.3 is 0 Å². The summed E-state index contributed by atoms with van der Waals surface area (Å²) in [6.07, 6.45) is 6.11. The fraction of sp³-hybridized carbons (Fsp3) is 0.667. The maximum absolute atomic E-state index is 10.1. The number of benzene rings is 1. The lowest BCUT2D eigenvalue weighted by molar-refractivity contribution is 0.139. The quantitative estimate of drug-likeness (QED) is 0.798. The van der Waals surface area contributed by atoms with Gasteiger partial charge in [-0.2, -0.15) is 0 Å². The maximum atomic E-state index is 10.1. The van der Waals surface area contributed by atoms with Crippen molar-refractivity contribution in [2.24, 2.45) is 5.92 Å². The standard InChI is InChI=1S/C18H29NO/c1-18(2,16-10-4-3-5-11-16)14-19-13-17(20)12-15-8-6-7-9-15/h3-5,10-11,15,17,19-20H,6-9,12-14H2,1-2H3. The Morgan fingerprint density at radius 1 is 1.20 bits per heavy atom. The molecule has 2 rings (SSSR count). The summed E-state index contributed by atoms with van der Waals surface area (Å²) in [5.74, 6) is 0.758. The van der Waals surface area contributed by atoms with E-state index in [-0.39, 0.29) is 11.5 Å². The lowest BCUT2D eigenvalue weighted by Crippen LogP contribution is -2.37. The molecule has 0 radical (unpaired) electrons. The Balaban J connectivity index is 1.71. The first-order chi connectivity index (χ1) is 9.58. The van der Waals surface area contributed by atoms with E-state index in [0.717, 1.165) is 18.9 Å². The molecule has 1 aliphatic carbocycles. The Bertz CT molecular complexity index is 382. The Morgan fingerprint density at radius 3 is 2.50 bits per heavy atom. The lowest BCUT2D eigenvalue weighted by Gasteiger charge is -2.27. The van der Waals surface area contributed by atoms with Gasteiger partial charge in [-0.05, 0) is 17.9 Å². The molecule has 1 aromatic carbocycles. The number of hydrogen-bond acceptors (Lipinski definition) is 2. The van der Waals surface area contributed by atoms with E-state index in [1.165, 1.54) is 31.2 Å². The fourth-order valence-electron chi connectivity index (χ4n) is 3.26. The van der Waals surface area contributed by atoms with Gasteiger partial charge in [-0.3, -0.25) is 0 Å². The smallest absolute Gasteiger partial charge is 0.0667 e. The van der Waals surface area contributed by atoms with Crippen LogP contribution in [-0.2, 0) is 5.41 Å². The molecule has 0 bridgehead atoms. The fourth-order valence-corrected chi connectivity index (χ4v) is 3.26. The lowest BCUT2D eigenvalue weighted by atomic mass is 9.84. The molecule has 0 spiro atoms. The topological polar surface area (TPSA) is 32.3 Å². The molecule has 1 atom stereocenters. The highest BCUT2D eigenvalue weighted by molar-refractivity contribution is 5.23. The van der Waals surface area contributed by atoms with Crippen LogP contribution in [0.3, 0.4) is 0 Å². The van der Waals surface area contributed by atoms with Crippen LogP contribution in [-0.4, -0.2) is 24.3 Å². The number of aliphatic hydroxyl groups is 1. The second-order valence-electron chi connectivity index (χ2n) is 6.92. The van der Waals surface area contributed by atoms with Crippen molar-refractivity contribution in [2.75, 3.05) is 13.1 Å². The van der Waals surface area contributed by atoms with E-state index in [1.54, 1.807) is 0 Å². The molecule has 20 heavy (non-hydrogen) atoms. The summed E-state index contributed by atoms with van der Waals surface area (Å²) in [6, 6.07) is 10.6. The van der Waals surface area contributed by atoms with Crippen molar-refractivity contribution in [3.63, 3.8) is 0 Å². The van der Waals surface area contributed by atoms with Crippen LogP contribution in [0.15, 0.2) is 30.3 Å². The Labute approximate surface area is 123 Å². The van der Waals surface area contributed by atoms with Crippen molar-refractivity contribution in [2.45, 2.75) is 57.5 Å². The number of nitrogens with one attached hydrogen (secondary N) is 1. The monoisotopic (exact) mass is 275 g/mol. The second-order valence-corrected chi connectivity index (χ2v) is 6.92. The van der Waals surface area contributed by atoms with Gasteiger partial charge in [-0.15, -0.1) is 0 Å². The molecule has 0 aromatic heterocycles. The van der Waals surface area contributed by atoms with Gasteiger partial charge in [0.2, 0.25) is 0 Å². The molecule has 112 valence electrons. The zero-order chi connectivity index (χ0) is 14.4. The molecule has 2 nitrogen and oxygen atoms in total. The molecule has 0 saturated heterocycles. The van der Waals surface area contributed by atoms with E-state index in [9.17, 15) is 5.11 Å². The van der Waals surface area contributed by atoms with Gasteiger partial charge in [-0.25, -0.2) is 0 Å². The Hall–Kier alpha value is -0.860. The van der Waals surface area contributed by atoms with Crippen molar-refractivity contribution in [3.8, 4) is 0 Å². The summed E-state index contributed by atoms with van der Waals surface area (Å²) in [5.41, 5.74) is 1.45. The number of aliphatic hydroxyl groups excluding tert-OH is 1. The van der Waals surface area contributed by atoms with E-state index in [1.807, 2.05) is 0 Å². The number of rotatable bonds is 7. The first-order valence-corrected chi connectivity index (χ1v) is 8.02. The Morgan fingerprint density at radius 2 is 1.85 bits per heavy atom. The van der Waals surface area contributed by atoms with Gasteiger partial charge in [0.1, 0.15) is 0 Å². The average Bonchev–Trinajstić information content (AvgIpc) is 2.92. The van der Waals surface area contributed by atoms with Gasteiger partial charge in [0, 0.05) is 18.5 Å². The summed E-state index contributed by atoms with van der Waals surface area (Å²) in [5, 5.41) is 13.6. The molecule has 1 saturated carbocycles. The van der Waals surface area contributed by atoms with Crippen molar-refractivity contribution in [1.29, 1.82) is 0 Å². The van der Waals surface area contributed by atoms with Crippen molar-refractivity contribution >= 4 is 0 Å². The van der Waals surface area contributed by atoms with Crippen LogP contribution in [0.2, 0.25) is 0 Å². The molecular formula is C18H29NO. The predicted octanol–water partition coefficient (Wildman–Crippen LogP) is 3.50. The molecule has 1 aliphatic rings. The molecular weight excluding hydrogens is 246 g/mol. The van der Waals surface area contributed by atoms with Crippen LogP contribution in [0.1, 0.15) is 51.5 Å². The SMILES string of the molecule is CC(C)(CNCC(O)CC1CCCC1)c1ccccc1. The summed E-state index contributed by atoms with van der Waals surface area (Å²) >= 11 is 0. The molecule has 1 fully saturated rings. The first kappa shape index (κ1) is 15.5. The van der Waals surface area contributed by atoms with Gasteiger partial charge in [0.25, 0.3) is 0 Å². The average molecular weight is 275 g/mol. The molecule has 0 aliphatic heterocycles. The normalized spacial score (nSPS) is 18.4. The highest BCUT2D eigenvalue weighted by Crippen LogP contribution is 2.28. The summed E-state index contributed by atoms with van der Waals surface area (Å²) in [6.45, 7) is 6.11. The van der Waals surface area contributed by atoms with Gasteiger partial charge in [-0.1, -0.05) is 69.9 Å². The minimum Gasteiger partial charge on any atom is -0.392 e. The van der Waals surface area contributed by atoms with E-state index in [2.05, 4.69) is 49.5 Å². The molecule has 2 heteroatoms. The van der Waals surface area contributed by atoms with E-state index in [4.69, 9.17) is 0 Å². The maximum Gasteiger partial charge on any atom is 0.0667 e. The van der Waals surface area contributed by atoms with E-state index in [0.29, 0.717) is 6.54 Å². The molecule has 0 amide bonds. The zero-order valence-electron chi connectivity index (χ0n) is 12.9. The highest BCUT2D eigenvalue weighted by atomic mass is 16.3. The van der Waals surface area contributed by atoms with Crippen LogP contribution in [0.4, 0.5) is 0 Å². The minimum atomic E-state index is -0.190. The number of hydrogen-bond donors (Lipinski definition) is 2. The van der Waals surface area contributed by atoms with Gasteiger partial charge in [0.15, 0.2) is 0 Å². The molecule has 1 aromatic rings. The summed E-state index contributed by atoms with van der Waals surface area (Å²) in [7, 11) is 0. The van der Waals surface area contributed by atoms with Crippen LogP contribution in [0, 0.1) is 5.92 Å². The first-order valence-electron chi connectivity index (χ1n) is 8.02. The Kier molecular flexibility index (Phi) is 5.62. The third-order valence-electron chi connectivity index (χ3n) is 4.58. The van der Waals surface area contributed by atoms with Crippen molar-refractivity contribution in [1.82, 2.24) is 5.32 Å². The largest absolute Gasteiger partial charge is 0.392 e.